The molecule has 0 amide bonds. The monoisotopic (exact) mass is 394 g/mol. The fourth-order valence-electron chi connectivity index (χ4n) is 2.86. The molecule has 142 valence electrons. The number of hydrogen-bond donors (Lipinski definition) is 1. The van der Waals surface area contributed by atoms with Crippen molar-refractivity contribution in [1.29, 1.82) is 0 Å². The fraction of sp³-hybridized carbons (Fsp3) is 0.158. The Balaban J connectivity index is 1.97. The van der Waals surface area contributed by atoms with E-state index in [0.29, 0.717) is 5.39 Å². The van der Waals surface area contributed by atoms with Gasteiger partial charge in [0.15, 0.2) is 17.5 Å². The van der Waals surface area contributed by atoms with Gasteiger partial charge in [-0.3, -0.25) is 0 Å². The molecular weight excluding hydrogens is 377 g/mol. The molecule has 27 heavy (non-hydrogen) atoms. The Morgan fingerprint density at radius 1 is 0.926 bits per heavy atom. The molecule has 0 atom stereocenters. The lowest BCUT2D eigenvalue weighted by atomic mass is 10.1. The number of halogens is 3. The largest absolute Gasteiger partial charge is 0.377 e. The van der Waals surface area contributed by atoms with Crippen LogP contribution in [0.25, 0.3) is 10.8 Å². The van der Waals surface area contributed by atoms with Gasteiger partial charge in [-0.15, -0.1) is 0 Å². The smallest absolute Gasteiger partial charge is 0.241 e. The van der Waals surface area contributed by atoms with Crippen molar-refractivity contribution in [3.05, 3.63) is 71.5 Å². The van der Waals surface area contributed by atoms with Gasteiger partial charge in [0.05, 0.1) is 4.90 Å². The predicted molar refractivity (Wildman–Crippen MR) is 98.6 cm³/mol. The molecule has 3 aromatic carbocycles. The number of anilines is 1. The van der Waals surface area contributed by atoms with E-state index in [1.165, 1.54) is 6.07 Å². The molecule has 3 rings (SSSR count). The molecule has 3 aromatic rings. The summed E-state index contributed by atoms with van der Waals surface area (Å²) in [6.45, 7) is -0.375. The second-order valence-electron chi connectivity index (χ2n) is 6.22. The molecule has 0 aromatic heterocycles. The van der Waals surface area contributed by atoms with Crippen LogP contribution in [0.15, 0.2) is 53.4 Å². The first-order valence-electron chi connectivity index (χ1n) is 8.03. The average molecular weight is 394 g/mol. The standard InChI is InChI=1S/C19H17F3N2O2S/c1-24(2)17-7-3-6-14-13(17)5-4-8-18(14)27(25,26)23-11-12-9-15(20)19(22)16(21)10-12/h3-10,23H,11H2,1-2H3. The summed E-state index contributed by atoms with van der Waals surface area (Å²) >= 11 is 0. The minimum Gasteiger partial charge on any atom is -0.377 e. The van der Waals surface area contributed by atoms with Crippen LogP contribution in [0.5, 0.6) is 0 Å². The first-order chi connectivity index (χ1) is 12.7. The van der Waals surface area contributed by atoms with Crippen molar-refractivity contribution in [1.82, 2.24) is 4.72 Å². The van der Waals surface area contributed by atoms with Crippen LogP contribution in [0.2, 0.25) is 0 Å². The minimum atomic E-state index is -3.97. The molecule has 0 radical (unpaired) electrons. The third kappa shape index (κ3) is 3.77. The van der Waals surface area contributed by atoms with Crippen LogP contribution in [0.4, 0.5) is 18.9 Å². The summed E-state index contributed by atoms with van der Waals surface area (Å²) in [5.74, 6) is -4.33. The maximum atomic E-state index is 13.3. The molecule has 0 aliphatic carbocycles. The summed E-state index contributed by atoms with van der Waals surface area (Å²) in [6, 6.07) is 11.7. The third-order valence-electron chi connectivity index (χ3n) is 4.14. The van der Waals surface area contributed by atoms with Crippen molar-refractivity contribution in [2.75, 3.05) is 19.0 Å². The van der Waals surface area contributed by atoms with Gasteiger partial charge in [0.1, 0.15) is 0 Å². The van der Waals surface area contributed by atoms with E-state index in [0.717, 1.165) is 23.2 Å². The van der Waals surface area contributed by atoms with E-state index in [1.807, 2.05) is 31.1 Å². The van der Waals surface area contributed by atoms with E-state index in [9.17, 15) is 21.6 Å². The first-order valence-corrected chi connectivity index (χ1v) is 9.51. The first kappa shape index (κ1) is 19.2. The number of benzene rings is 3. The molecule has 0 aliphatic rings. The van der Waals surface area contributed by atoms with Crippen molar-refractivity contribution in [3.63, 3.8) is 0 Å². The molecule has 0 aliphatic heterocycles. The van der Waals surface area contributed by atoms with Crippen LogP contribution in [-0.4, -0.2) is 22.5 Å². The van der Waals surface area contributed by atoms with Gasteiger partial charge < -0.3 is 4.90 Å². The molecular formula is C19H17F3N2O2S. The Morgan fingerprint density at radius 2 is 1.52 bits per heavy atom. The fourth-order valence-corrected chi connectivity index (χ4v) is 4.09. The highest BCUT2D eigenvalue weighted by atomic mass is 32.2. The maximum absolute atomic E-state index is 13.3. The zero-order chi connectivity index (χ0) is 19.8. The molecule has 0 saturated carbocycles. The average Bonchev–Trinajstić information content (AvgIpc) is 2.63. The molecule has 8 heteroatoms. The summed E-state index contributed by atoms with van der Waals surface area (Å²) in [6.07, 6.45) is 0. The number of fused-ring (bicyclic) bond motifs is 1. The van der Waals surface area contributed by atoms with Gasteiger partial charge in [0.2, 0.25) is 10.0 Å². The molecule has 0 saturated heterocycles. The van der Waals surface area contributed by atoms with Gasteiger partial charge in [0.25, 0.3) is 0 Å². The Labute approximate surface area is 155 Å². The molecule has 1 N–H and O–H groups in total. The summed E-state index contributed by atoms with van der Waals surface area (Å²) in [7, 11) is -0.265. The molecule has 0 bridgehead atoms. The number of hydrogen-bond acceptors (Lipinski definition) is 3. The van der Waals surface area contributed by atoms with Crippen LogP contribution < -0.4 is 9.62 Å². The Bertz CT molecular complexity index is 1090. The van der Waals surface area contributed by atoms with Crippen LogP contribution in [0.1, 0.15) is 5.56 Å². The van der Waals surface area contributed by atoms with Gasteiger partial charge in [-0.2, -0.15) is 0 Å². The minimum absolute atomic E-state index is 0.0239. The van der Waals surface area contributed by atoms with Crippen molar-refractivity contribution < 1.29 is 21.6 Å². The van der Waals surface area contributed by atoms with E-state index in [-0.39, 0.29) is 17.0 Å². The lowest BCUT2D eigenvalue weighted by molar-refractivity contribution is 0.445. The SMILES string of the molecule is CN(C)c1cccc2c(S(=O)(=O)NCc3cc(F)c(F)c(F)c3)cccc12. The van der Waals surface area contributed by atoms with E-state index in [1.54, 1.807) is 18.2 Å². The lowest BCUT2D eigenvalue weighted by Gasteiger charge is -2.17. The van der Waals surface area contributed by atoms with Crippen molar-refractivity contribution in [2.24, 2.45) is 0 Å². The summed E-state index contributed by atoms with van der Waals surface area (Å²) in [5, 5.41) is 1.27. The lowest BCUT2D eigenvalue weighted by Crippen LogP contribution is -2.24. The number of rotatable bonds is 5. The summed E-state index contributed by atoms with van der Waals surface area (Å²) in [4.78, 5) is 1.92. The Kier molecular flexibility index (Phi) is 5.12. The van der Waals surface area contributed by atoms with Crippen LogP contribution in [-0.2, 0) is 16.6 Å². The van der Waals surface area contributed by atoms with Crippen LogP contribution >= 0.6 is 0 Å². The molecule has 4 nitrogen and oxygen atoms in total. The number of sulfonamides is 1. The number of nitrogens with one attached hydrogen (secondary N) is 1. The van der Waals surface area contributed by atoms with Gasteiger partial charge in [-0.1, -0.05) is 24.3 Å². The van der Waals surface area contributed by atoms with Crippen molar-refractivity contribution in [2.45, 2.75) is 11.4 Å². The summed E-state index contributed by atoms with van der Waals surface area (Å²) in [5.41, 5.74) is 0.830. The quantitative estimate of drug-likeness (QED) is 0.670. The van der Waals surface area contributed by atoms with E-state index in [4.69, 9.17) is 0 Å². The zero-order valence-corrected chi connectivity index (χ0v) is 15.4. The Hall–Kier alpha value is -2.58. The highest BCUT2D eigenvalue weighted by Gasteiger charge is 2.19. The van der Waals surface area contributed by atoms with Gasteiger partial charge in [-0.25, -0.2) is 26.3 Å². The van der Waals surface area contributed by atoms with E-state index < -0.39 is 27.5 Å². The molecule has 0 spiro atoms. The zero-order valence-electron chi connectivity index (χ0n) is 14.6. The number of nitrogens with zero attached hydrogens (tertiary/aromatic N) is 1. The van der Waals surface area contributed by atoms with Crippen molar-refractivity contribution >= 4 is 26.5 Å². The highest BCUT2D eigenvalue weighted by Crippen LogP contribution is 2.30. The predicted octanol–water partition coefficient (Wildman–Crippen LogP) is 3.80. The Morgan fingerprint density at radius 3 is 2.15 bits per heavy atom. The van der Waals surface area contributed by atoms with Crippen LogP contribution in [0.3, 0.4) is 0 Å². The normalized spacial score (nSPS) is 11.7. The molecule has 0 heterocycles. The second kappa shape index (κ2) is 7.21. The topological polar surface area (TPSA) is 49.4 Å². The van der Waals surface area contributed by atoms with E-state index >= 15 is 0 Å². The van der Waals surface area contributed by atoms with Crippen LogP contribution in [0, 0.1) is 17.5 Å². The summed E-state index contributed by atoms with van der Waals surface area (Å²) < 4.78 is 67.5. The molecule has 0 unspecified atom stereocenters. The van der Waals surface area contributed by atoms with Gasteiger partial charge in [0, 0.05) is 37.1 Å². The second-order valence-corrected chi connectivity index (χ2v) is 7.96. The van der Waals surface area contributed by atoms with E-state index in [2.05, 4.69) is 4.72 Å². The van der Waals surface area contributed by atoms with Crippen molar-refractivity contribution in [3.8, 4) is 0 Å². The third-order valence-corrected chi connectivity index (χ3v) is 5.60. The molecule has 0 fully saturated rings. The maximum Gasteiger partial charge on any atom is 0.241 e. The highest BCUT2D eigenvalue weighted by molar-refractivity contribution is 7.89. The van der Waals surface area contributed by atoms with Gasteiger partial charge >= 0.3 is 0 Å². The van der Waals surface area contributed by atoms with Gasteiger partial charge in [-0.05, 0) is 29.8 Å².